The van der Waals surface area contributed by atoms with Gasteiger partial charge in [0.05, 0.1) is 25.9 Å². The zero-order valence-corrected chi connectivity index (χ0v) is 39.3. The fourth-order valence-corrected chi connectivity index (χ4v) is 7.11. The Balaban J connectivity index is 4.60. The average Bonchev–Trinajstić information content (AvgIpc) is 3.20. The van der Waals surface area contributed by atoms with Crippen molar-refractivity contribution in [3.8, 4) is 0 Å². The van der Waals surface area contributed by atoms with E-state index in [1.54, 1.807) is 0 Å². The van der Waals surface area contributed by atoms with E-state index < -0.39 is 66.2 Å². The van der Waals surface area contributed by atoms with E-state index >= 15 is 0 Å². The molecule has 0 aromatic rings. The second-order valence-corrected chi connectivity index (χ2v) is 18.7. The van der Waals surface area contributed by atoms with E-state index in [0.717, 1.165) is 63.7 Å². The summed E-state index contributed by atoms with van der Waals surface area (Å²) in [6, 6.07) is 0. The summed E-state index contributed by atoms with van der Waals surface area (Å²) in [6.07, 6.45) is 35.9. The monoisotopic (exact) mass is 909 g/mol. The van der Waals surface area contributed by atoms with Crippen molar-refractivity contribution < 1.29 is 66.7 Å². The van der Waals surface area contributed by atoms with Crippen molar-refractivity contribution in [2.75, 3.05) is 26.4 Å². The molecule has 4 atom stereocenters. The van der Waals surface area contributed by atoms with Crippen LogP contribution in [0.15, 0.2) is 48.6 Å². The van der Waals surface area contributed by atoms with Crippen molar-refractivity contribution >= 4 is 27.6 Å². The molecule has 0 fully saturated rings. The van der Waals surface area contributed by atoms with Gasteiger partial charge in [-0.25, -0.2) is 9.13 Å². The highest BCUT2D eigenvalue weighted by Crippen LogP contribution is 2.43. The molecule has 0 spiro atoms. The first-order valence-corrected chi connectivity index (χ1v) is 25.8. The molecule has 0 aliphatic rings. The van der Waals surface area contributed by atoms with Gasteiger partial charge < -0.3 is 34.4 Å². The number of hydrogen-bond acceptors (Lipinski definition) is 11. The predicted octanol–water partition coefficient (Wildman–Crippen LogP) is 10.7. The topological polar surface area (TPSA) is 216 Å². The third-order valence-corrected chi connectivity index (χ3v) is 10.9. The van der Waals surface area contributed by atoms with Gasteiger partial charge >= 0.3 is 27.6 Å². The minimum Gasteiger partial charge on any atom is -0.462 e. The second kappa shape index (κ2) is 39.6. The van der Waals surface area contributed by atoms with E-state index in [0.29, 0.717) is 19.3 Å². The van der Waals surface area contributed by atoms with Crippen molar-refractivity contribution in [2.45, 2.75) is 193 Å². The molecule has 14 nitrogen and oxygen atoms in total. The van der Waals surface area contributed by atoms with E-state index in [-0.39, 0.29) is 18.9 Å². The summed E-state index contributed by atoms with van der Waals surface area (Å²) in [5, 5.41) is 19.6. The van der Waals surface area contributed by atoms with Gasteiger partial charge in [0.25, 0.3) is 0 Å². The number of aliphatic hydroxyl groups excluding tert-OH is 2. The van der Waals surface area contributed by atoms with Crippen molar-refractivity contribution in [2.24, 2.45) is 5.92 Å². The van der Waals surface area contributed by atoms with Gasteiger partial charge in [-0.2, -0.15) is 0 Å². The van der Waals surface area contributed by atoms with Gasteiger partial charge in [-0.1, -0.05) is 166 Å². The minimum absolute atomic E-state index is 0.102. The fourth-order valence-electron chi connectivity index (χ4n) is 5.96. The molecule has 61 heavy (non-hydrogen) atoms. The van der Waals surface area contributed by atoms with Crippen molar-refractivity contribution in [3.05, 3.63) is 48.6 Å². The summed E-state index contributed by atoms with van der Waals surface area (Å²) < 4.78 is 47.7. The third kappa shape index (κ3) is 44.4. The molecule has 1 unspecified atom stereocenters. The van der Waals surface area contributed by atoms with Crippen LogP contribution < -0.4 is 0 Å². The molecule has 0 bridgehead atoms. The van der Waals surface area contributed by atoms with Crippen LogP contribution in [-0.2, 0) is 41.8 Å². The van der Waals surface area contributed by atoms with E-state index in [1.165, 1.54) is 64.2 Å². The van der Waals surface area contributed by atoms with Crippen LogP contribution in [0.5, 0.6) is 0 Å². The van der Waals surface area contributed by atoms with Gasteiger partial charge in [-0.3, -0.25) is 23.2 Å². The molecule has 0 saturated heterocycles. The lowest BCUT2D eigenvalue weighted by atomic mass is 10.0. The highest BCUT2D eigenvalue weighted by atomic mass is 31.2. The van der Waals surface area contributed by atoms with Crippen LogP contribution in [0.1, 0.15) is 175 Å². The average molecular weight is 909 g/mol. The predicted molar refractivity (Wildman–Crippen MR) is 240 cm³/mol. The molecule has 0 saturated carbocycles. The highest BCUT2D eigenvalue weighted by molar-refractivity contribution is 7.47. The van der Waals surface area contributed by atoms with Crippen LogP contribution in [0.4, 0.5) is 0 Å². The Morgan fingerprint density at radius 3 is 1.61 bits per heavy atom. The molecule has 356 valence electrons. The Hall–Kier alpha value is -1.96. The van der Waals surface area contributed by atoms with Crippen molar-refractivity contribution in [1.82, 2.24) is 0 Å². The number of unbranched alkanes of at least 4 members (excludes halogenated alkanes) is 14. The summed E-state index contributed by atoms with van der Waals surface area (Å²) in [5.74, 6) is -0.323. The summed E-state index contributed by atoms with van der Waals surface area (Å²) in [7, 11) is -9.70. The van der Waals surface area contributed by atoms with Crippen molar-refractivity contribution in [3.63, 3.8) is 0 Å². The third-order valence-electron chi connectivity index (χ3n) is 9.46. The van der Waals surface area contributed by atoms with Crippen LogP contribution in [0.3, 0.4) is 0 Å². The lowest BCUT2D eigenvalue weighted by Gasteiger charge is -2.20. The molecule has 0 amide bonds. The lowest BCUT2D eigenvalue weighted by molar-refractivity contribution is -0.161. The molecular weight excluding hydrogens is 826 g/mol. The summed E-state index contributed by atoms with van der Waals surface area (Å²) in [4.78, 5) is 52.7. The Bertz CT molecular complexity index is 1300. The largest absolute Gasteiger partial charge is 0.472 e. The summed E-state index contributed by atoms with van der Waals surface area (Å²) in [6.45, 7) is 3.86. The standard InChI is InChI=1S/C45H82O14P2/c1-4-5-32-41(46)33-28-24-20-16-12-9-10-13-17-21-25-29-34-44(48)55-38-43(39-58-61(53,54)57-37-42(47)36-56-60(50,51)52)59-45(49)35-30-26-22-18-14-8-6-7-11-15-19-23-27-31-40(2)3/h9-10,16-17,20-21,28,33,40-43,46-47H,4-8,11-15,18-19,22-27,29-32,34-39H2,1-3H3,(H,53,54)(H2,50,51,52)/b10-9-,20-16-,21-17-,33-28-/t41-,42-,43+/m0/s1. The lowest BCUT2D eigenvalue weighted by Crippen LogP contribution is -2.30. The molecule has 0 rings (SSSR count). The van der Waals surface area contributed by atoms with Crippen LogP contribution in [0, 0.1) is 5.92 Å². The van der Waals surface area contributed by atoms with E-state index in [2.05, 4.69) is 54.1 Å². The smallest absolute Gasteiger partial charge is 0.462 e. The number of ether oxygens (including phenoxy) is 2. The van der Waals surface area contributed by atoms with Gasteiger partial charge in [0.1, 0.15) is 12.7 Å². The molecule has 16 heteroatoms. The Kier molecular flexibility index (Phi) is 38.3. The van der Waals surface area contributed by atoms with Gasteiger partial charge in [-0.05, 0) is 50.9 Å². The van der Waals surface area contributed by atoms with E-state index in [9.17, 15) is 33.8 Å². The van der Waals surface area contributed by atoms with Gasteiger partial charge in [0.15, 0.2) is 6.10 Å². The molecule has 0 heterocycles. The maximum atomic E-state index is 12.7. The number of phosphoric ester groups is 2. The van der Waals surface area contributed by atoms with E-state index in [1.807, 2.05) is 24.3 Å². The molecule has 0 aliphatic heterocycles. The minimum atomic E-state index is -4.87. The second-order valence-electron chi connectivity index (χ2n) is 16.0. The first-order valence-electron chi connectivity index (χ1n) is 22.8. The van der Waals surface area contributed by atoms with Gasteiger partial charge in [0, 0.05) is 12.8 Å². The fraction of sp³-hybridized carbons (Fsp3) is 0.778. The number of aliphatic hydroxyl groups is 2. The number of rotatable bonds is 42. The maximum Gasteiger partial charge on any atom is 0.472 e. The van der Waals surface area contributed by atoms with Crippen LogP contribution >= 0.6 is 15.6 Å². The number of phosphoric acid groups is 2. The molecule has 0 radical (unpaired) electrons. The molecule has 5 N–H and O–H groups in total. The summed E-state index contributed by atoms with van der Waals surface area (Å²) in [5.41, 5.74) is 0. The quantitative estimate of drug-likeness (QED) is 0.0167. The maximum absolute atomic E-state index is 12.7. The van der Waals surface area contributed by atoms with Gasteiger partial charge in [0.2, 0.25) is 0 Å². The van der Waals surface area contributed by atoms with Gasteiger partial charge in [-0.15, -0.1) is 0 Å². The number of esters is 2. The zero-order valence-electron chi connectivity index (χ0n) is 37.5. The molecular formula is C45H82O14P2. The first-order chi connectivity index (χ1) is 29.1. The molecule has 0 aliphatic carbocycles. The highest BCUT2D eigenvalue weighted by Gasteiger charge is 2.28. The van der Waals surface area contributed by atoms with E-state index in [4.69, 9.17) is 23.8 Å². The van der Waals surface area contributed by atoms with Crippen LogP contribution in [0.2, 0.25) is 0 Å². The number of carbonyl (C=O) groups is 2. The zero-order chi connectivity index (χ0) is 45.5. The Morgan fingerprint density at radius 1 is 0.557 bits per heavy atom. The van der Waals surface area contributed by atoms with Crippen LogP contribution in [-0.4, -0.2) is 81.6 Å². The Labute approximate surface area is 367 Å². The van der Waals surface area contributed by atoms with Crippen LogP contribution in [0.25, 0.3) is 0 Å². The molecule has 0 aromatic carbocycles. The number of carbonyl (C=O) groups excluding carboxylic acids is 2. The number of allylic oxidation sites excluding steroid dienone is 7. The SMILES string of the molecule is CCCC[C@H](O)/C=C\C/C=C\C/C=C\C/C=C\CCCC(=O)OC[C@H](COP(=O)(O)OC[C@@H](O)COP(=O)(O)O)OC(=O)CCCCCCCCCCCCCCCC(C)C. The summed E-state index contributed by atoms with van der Waals surface area (Å²) >= 11 is 0. The Morgan fingerprint density at radius 2 is 1.05 bits per heavy atom. The molecule has 0 aromatic heterocycles. The normalized spacial score (nSPS) is 15.0. The number of hydrogen-bond donors (Lipinski definition) is 5. The first kappa shape index (κ1) is 59.0. The van der Waals surface area contributed by atoms with Crippen molar-refractivity contribution in [1.29, 1.82) is 0 Å².